The van der Waals surface area contributed by atoms with Gasteiger partial charge in [-0.2, -0.15) is 0 Å². The van der Waals surface area contributed by atoms with Crippen LogP contribution >= 0.6 is 11.8 Å². The molecular weight excluding hydrogens is 625 g/mol. The number of thioether (sulfide) groups is 1. The molecule has 0 aromatic heterocycles. The minimum absolute atomic E-state index is 0.431. The van der Waals surface area contributed by atoms with E-state index in [1.807, 2.05) is 0 Å². The number of phenolic OH excluding ortho intramolecular Hbond substituents is 1. The number of phenols is 1. The van der Waals surface area contributed by atoms with Crippen LogP contribution in [0.2, 0.25) is 0 Å². The van der Waals surface area contributed by atoms with E-state index in [1.165, 1.54) is 240 Å². The molecule has 0 aliphatic heterocycles. The van der Waals surface area contributed by atoms with Crippen LogP contribution in [0.1, 0.15) is 276 Å². The van der Waals surface area contributed by atoms with Crippen molar-refractivity contribution < 1.29 is 5.11 Å². The van der Waals surface area contributed by atoms with Crippen molar-refractivity contribution in [1.82, 2.24) is 0 Å². The quantitative estimate of drug-likeness (QED) is 0.0543. The van der Waals surface area contributed by atoms with Gasteiger partial charge < -0.3 is 5.11 Å². The number of rotatable bonds is 38. The van der Waals surface area contributed by atoms with Crippen LogP contribution in [-0.2, 0) is 0 Å². The molecule has 50 heavy (non-hydrogen) atoms. The lowest BCUT2D eigenvalue weighted by atomic mass is 9.87. The van der Waals surface area contributed by atoms with E-state index in [9.17, 15) is 5.11 Å². The van der Waals surface area contributed by atoms with Gasteiger partial charge >= 0.3 is 0 Å². The van der Waals surface area contributed by atoms with E-state index in [2.05, 4.69) is 58.5 Å². The second-order valence-electron chi connectivity index (χ2n) is 16.4. The highest BCUT2D eigenvalue weighted by molar-refractivity contribution is 7.99. The molecule has 1 aromatic carbocycles. The second kappa shape index (κ2) is 35.4. The summed E-state index contributed by atoms with van der Waals surface area (Å²) in [6.45, 7) is 11.6. The number of hydrogen-bond acceptors (Lipinski definition) is 2. The molecule has 0 radical (unpaired) electrons. The molecule has 294 valence electrons. The highest BCUT2D eigenvalue weighted by atomic mass is 32.2. The van der Waals surface area contributed by atoms with Crippen molar-refractivity contribution in [3.8, 4) is 5.75 Å². The highest BCUT2D eigenvalue weighted by Gasteiger charge is 2.19. The largest absolute Gasteiger partial charge is 0.507 e. The zero-order valence-corrected chi connectivity index (χ0v) is 35.7. The topological polar surface area (TPSA) is 20.2 Å². The van der Waals surface area contributed by atoms with Crippen molar-refractivity contribution in [1.29, 1.82) is 0 Å². The Hall–Kier alpha value is -0.630. The molecule has 2 atom stereocenters. The van der Waals surface area contributed by atoms with Crippen LogP contribution in [0.15, 0.2) is 17.0 Å². The van der Waals surface area contributed by atoms with Crippen molar-refractivity contribution >= 4 is 11.8 Å². The summed E-state index contributed by atoms with van der Waals surface area (Å²) in [6, 6.07) is 4.74. The normalized spacial score (nSPS) is 12.9. The molecule has 1 aromatic rings. The third-order valence-electron chi connectivity index (χ3n) is 11.5. The first kappa shape index (κ1) is 47.4. The fourth-order valence-corrected chi connectivity index (χ4v) is 8.81. The summed E-state index contributed by atoms with van der Waals surface area (Å²) < 4.78 is 0. The number of benzene rings is 1. The van der Waals surface area contributed by atoms with Gasteiger partial charge in [-0.25, -0.2) is 0 Å². The molecule has 0 aliphatic rings. The Morgan fingerprint density at radius 2 is 0.660 bits per heavy atom. The summed E-state index contributed by atoms with van der Waals surface area (Å²) >= 11 is 2.05. The van der Waals surface area contributed by atoms with Crippen molar-refractivity contribution in [2.45, 2.75) is 270 Å². The first-order valence-electron chi connectivity index (χ1n) is 23.0. The maximum atomic E-state index is 11.6. The molecule has 2 unspecified atom stereocenters. The Morgan fingerprint density at radius 3 is 0.960 bits per heavy atom. The van der Waals surface area contributed by atoms with Crippen molar-refractivity contribution in [2.75, 3.05) is 5.75 Å². The average Bonchev–Trinajstić information content (AvgIpc) is 3.12. The zero-order chi connectivity index (χ0) is 36.3. The predicted molar refractivity (Wildman–Crippen MR) is 230 cm³/mol. The molecule has 0 spiro atoms. The maximum absolute atomic E-state index is 11.6. The van der Waals surface area contributed by atoms with Gasteiger partial charge in [-0.05, 0) is 60.1 Å². The molecule has 2 heteroatoms. The van der Waals surface area contributed by atoms with Crippen LogP contribution < -0.4 is 0 Å². The molecule has 0 heterocycles. The zero-order valence-electron chi connectivity index (χ0n) is 34.9. The van der Waals surface area contributed by atoms with Crippen molar-refractivity contribution in [2.24, 2.45) is 0 Å². The Balaban J connectivity index is 2.47. The van der Waals surface area contributed by atoms with Crippen LogP contribution in [0.3, 0.4) is 0 Å². The first-order valence-corrected chi connectivity index (χ1v) is 24.0. The Morgan fingerprint density at radius 1 is 0.400 bits per heavy atom. The standard InChI is InChI=1S/C48H90OS/c1-6-9-12-15-18-21-22-23-24-25-26-27-28-31-34-37-40-50-45-41-46(43(4)38-35-32-29-19-16-13-10-7-2)48(49)47(42-45)44(5)39-36-33-30-20-17-14-11-8-3/h41-44,49H,6-40H2,1-5H3. The van der Waals surface area contributed by atoms with E-state index in [4.69, 9.17) is 0 Å². The molecule has 0 fully saturated rings. The highest BCUT2D eigenvalue weighted by Crippen LogP contribution is 2.41. The minimum atomic E-state index is 0.431. The van der Waals surface area contributed by atoms with Crippen LogP contribution in [0.25, 0.3) is 0 Å². The monoisotopic (exact) mass is 715 g/mol. The number of hydrogen-bond donors (Lipinski definition) is 1. The molecule has 1 N–H and O–H groups in total. The smallest absolute Gasteiger partial charge is 0.122 e. The molecule has 1 nitrogen and oxygen atoms in total. The number of aromatic hydroxyl groups is 1. The molecule has 0 saturated carbocycles. The van der Waals surface area contributed by atoms with E-state index in [0.717, 1.165) is 0 Å². The lowest BCUT2D eigenvalue weighted by Crippen LogP contribution is -2.02. The van der Waals surface area contributed by atoms with Crippen LogP contribution in [0.4, 0.5) is 0 Å². The average molecular weight is 715 g/mol. The molecule has 0 amide bonds. The Labute approximate surface area is 320 Å². The van der Waals surface area contributed by atoms with Gasteiger partial charge in [-0.15, -0.1) is 11.8 Å². The predicted octanol–water partition coefficient (Wildman–Crippen LogP) is 18.0. The molecule has 0 bridgehead atoms. The third-order valence-corrected chi connectivity index (χ3v) is 12.5. The fourth-order valence-electron chi connectivity index (χ4n) is 7.81. The summed E-state index contributed by atoms with van der Waals surface area (Å²) in [7, 11) is 0. The maximum Gasteiger partial charge on any atom is 0.122 e. The second-order valence-corrected chi connectivity index (χ2v) is 17.6. The molecular formula is C48H90OS. The first-order chi connectivity index (χ1) is 24.5. The SMILES string of the molecule is CCCCCCCCCCCCCCCCCCSc1cc(C(C)CCCCCCCCCC)c(O)c(C(C)CCCCCCCCCC)c1. The molecule has 1 rings (SSSR count). The van der Waals surface area contributed by atoms with Crippen LogP contribution in [-0.4, -0.2) is 10.9 Å². The van der Waals surface area contributed by atoms with E-state index in [1.54, 1.807) is 0 Å². The Kier molecular flexibility index (Phi) is 33.6. The summed E-state index contributed by atoms with van der Waals surface area (Å²) in [4.78, 5) is 1.40. The van der Waals surface area contributed by atoms with Crippen molar-refractivity contribution in [3.05, 3.63) is 23.3 Å². The van der Waals surface area contributed by atoms with Gasteiger partial charge in [0.2, 0.25) is 0 Å². The summed E-state index contributed by atoms with van der Waals surface area (Å²) in [6.07, 6.45) is 47.1. The summed E-state index contributed by atoms with van der Waals surface area (Å²) in [5.41, 5.74) is 2.45. The van der Waals surface area contributed by atoms with Gasteiger partial charge in [0.15, 0.2) is 0 Å². The minimum Gasteiger partial charge on any atom is -0.507 e. The third kappa shape index (κ3) is 26.2. The lowest BCUT2D eigenvalue weighted by Gasteiger charge is -2.21. The van der Waals surface area contributed by atoms with Crippen LogP contribution in [0.5, 0.6) is 5.75 Å². The lowest BCUT2D eigenvalue weighted by molar-refractivity contribution is 0.440. The van der Waals surface area contributed by atoms with Gasteiger partial charge in [0.1, 0.15) is 5.75 Å². The number of unbranched alkanes of at least 4 members (excludes halogenated alkanes) is 29. The van der Waals surface area contributed by atoms with E-state index < -0.39 is 0 Å². The van der Waals surface area contributed by atoms with E-state index in [-0.39, 0.29) is 0 Å². The fraction of sp³-hybridized carbons (Fsp3) is 0.875. The van der Waals surface area contributed by atoms with Crippen LogP contribution in [0, 0.1) is 0 Å². The van der Waals surface area contributed by atoms with Gasteiger partial charge in [0.05, 0.1) is 0 Å². The van der Waals surface area contributed by atoms with Gasteiger partial charge in [0, 0.05) is 4.90 Å². The van der Waals surface area contributed by atoms with Gasteiger partial charge in [0.25, 0.3) is 0 Å². The van der Waals surface area contributed by atoms with Gasteiger partial charge in [-0.1, -0.05) is 234 Å². The van der Waals surface area contributed by atoms with Gasteiger partial charge in [-0.3, -0.25) is 0 Å². The summed E-state index contributed by atoms with van der Waals surface area (Å²) in [5, 5.41) is 11.6. The van der Waals surface area contributed by atoms with E-state index in [0.29, 0.717) is 17.6 Å². The molecule has 0 saturated heterocycles. The Bertz CT molecular complexity index is 802. The van der Waals surface area contributed by atoms with E-state index >= 15 is 0 Å². The molecule has 0 aliphatic carbocycles. The van der Waals surface area contributed by atoms with Crippen molar-refractivity contribution in [3.63, 3.8) is 0 Å². The summed E-state index contributed by atoms with van der Waals surface area (Å²) in [5.74, 6) is 2.69.